The first-order chi connectivity index (χ1) is 25.3. The van der Waals surface area contributed by atoms with Crippen molar-refractivity contribution in [1.82, 2.24) is 5.32 Å². The second kappa shape index (κ2) is 21.8. The minimum Gasteiger partial charge on any atom is -0.463 e. The van der Waals surface area contributed by atoms with Crippen molar-refractivity contribution >= 4 is 76.1 Å². The highest BCUT2D eigenvalue weighted by Crippen LogP contribution is 2.30. The minimum atomic E-state index is -2.29. The van der Waals surface area contributed by atoms with Crippen LogP contribution in [0.5, 0.6) is 0 Å². The number of benzene rings is 2. The molecule has 5 atom stereocenters. The molecule has 0 bridgehead atoms. The second-order valence-corrected chi connectivity index (χ2v) is 12.5. The molecule has 1 aliphatic heterocycles. The molecule has 0 unspecified atom stereocenters. The molecule has 2 aromatic rings. The molecule has 3 N–H and O–H groups in total. The Balaban J connectivity index is 1.45. The largest absolute Gasteiger partial charge is 0.463 e. The highest BCUT2D eigenvalue weighted by Gasteiger charge is 2.52. The summed E-state index contributed by atoms with van der Waals surface area (Å²) in [6, 6.07) is 13.8. The fraction of sp³-hybridized carbons (Fsp3) is 0.486. The molecule has 290 valence electrons. The molecule has 0 aromatic heterocycles. The van der Waals surface area contributed by atoms with Gasteiger partial charge in [0.1, 0.15) is 12.7 Å². The Morgan fingerprint density at radius 2 is 1.36 bits per heavy atom. The van der Waals surface area contributed by atoms with E-state index in [1.807, 2.05) is 24.3 Å². The van der Waals surface area contributed by atoms with E-state index in [-0.39, 0.29) is 24.6 Å². The Hall–Kier alpha value is -4.67. The van der Waals surface area contributed by atoms with Gasteiger partial charge in [-0.3, -0.25) is 29.3 Å². The Morgan fingerprint density at radius 3 is 1.92 bits per heavy atom. The summed E-state index contributed by atoms with van der Waals surface area (Å²) in [4.78, 5) is 74.3. The predicted octanol–water partition coefficient (Wildman–Crippen LogP) is 4.09. The Morgan fingerprint density at radius 1 is 0.774 bits per heavy atom. The number of halogens is 3. The van der Waals surface area contributed by atoms with E-state index in [0.717, 1.165) is 32.0 Å². The van der Waals surface area contributed by atoms with Crippen LogP contribution < -0.4 is 20.9 Å². The third-order valence-electron chi connectivity index (χ3n) is 7.59. The predicted molar refractivity (Wildman–Crippen MR) is 193 cm³/mol. The van der Waals surface area contributed by atoms with Crippen molar-refractivity contribution in [2.24, 2.45) is 0 Å². The van der Waals surface area contributed by atoms with E-state index in [0.29, 0.717) is 43.4 Å². The monoisotopic (exact) mass is 784 g/mol. The van der Waals surface area contributed by atoms with E-state index >= 15 is 4.39 Å². The number of nitrogens with one attached hydrogen (secondary N) is 3. The van der Waals surface area contributed by atoms with Crippen LogP contribution in [0, 0.1) is 0 Å². The Labute approximate surface area is 316 Å². The number of amides is 3. The van der Waals surface area contributed by atoms with Gasteiger partial charge in [-0.15, -0.1) is 23.2 Å². The molecular formula is C35H43Cl2FN4O11. The maximum atomic E-state index is 15.5. The number of esters is 3. The van der Waals surface area contributed by atoms with Crippen molar-refractivity contribution in [3.05, 3.63) is 54.1 Å². The van der Waals surface area contributed by atoms with Gasteiger partial charge in [-0.1, -0.05) is 12.1 Å². The highest BCUT2D eigenvalue weighted by molar-refractivity contribution is 6.18. The molecule has 1 aliphatic rings. The zero-order valence-electron chi connectivity index (χ0n) is 29.4. The molecular weight excluding hydrogens is 742 g/mol. The van der Waals surface area contributed by atoms with Gasteiger partial charge in [0.15, 0.2) is 12.2 Å². The van der Waals surface area contributed by atoms with Crippen LogP contribution in [0.4, 0.5) is 26.2 Å². The summed E-state index contributed by atoms with van der Waals surface area (Å²) >= 11 is 11.8. The molecule has 53 heavy (non-hydrogen) atoms. The number of rotatable bonds is 18. The van der Waals surface area contributed by atoms with Gasteiger partial charge in [0.2, 0.25) is 24.3 Å². The average molecular weight is 786 g/mol. The molecule has 0 aliphatic carbocycles. The molecule has 15 nitrogen and oxygen atoms in total. The average Bonchev–Trinajstić information content (AvgIpc) is 3.10. The summed E-state index contributed by atoms with van der Waals surface area (Å²) in [5.74, 6) is -2.26. The van der Waals surface area contributed by atoms with Crippen LogP contribution in [0.1, 0.15) is 39.2 Å². The topological polar surface area (TPSA) is 188 Å². The molecule has 1 saturated heterocycles. The summed E-state index contributed by atoms with van der Waals surface area (Å²) < 4.78 is 41.1. The van der Waals surface area contributed by atoms with Crippen LogP contribution in [0.2, 0.25) is 0 Å². The lowest BCUT2D eigenvalue weighted by Crippen LogP contribution is -2.60. The maximum absolute atomic E-state index is 15.5. The van der Waals surface area contributed by atoms with Crippen molar-refractivity contribution in [2.45, 2.75) is 70.8 Å². The summed E-state index contributed by atoms with van der Waals surface area (Å²) in [6.07, 6.45) is -8.52. The number of nitrogens with zero attached hydrogens (tertiary/aromatic N) is 1. The van der Waals surface area contributed by atoms with E-state index in [1.165, 1.54) is 24.3 Å². The van der Waals surface area contributed by atoms with E-state index in [9.17, 15) is 28.8 Å². The van der Waals surface area contributed by atoms with E-state index in [4.69, 9.17) is 46.9 Å². The molecule has 1 fully saturated rings. The van der Waals surface area contributed by atoms with Crippen molar-refractivity contribution in [3.63, 3.8) is 0 Å². The fourth-order valence-corrected chi connectivity index (χ4v) is 5.63. The van der Waals surface area contributed by atoms with E-state index < -0.39 is 67.3 Å². The third-order valence-corrected chi connectivity index (χ3v) is 7.93. The zero-order valence-corrected chi connectivity index (χ0v) is 31.0. The van der Waals surface area contributed by atoms with Crippen LogP contribution in [-0.2, 0) is 54.1 Å². The number of hydrogen-bond donors (Lipinski definition) is 3. The molecule has 0 radical (unpaired) electrons. The molecule has 3 rings (SSSR count). The number of carbonyl (C=O) groups is 6. The van der Waals surface area contributed by atoms with Gasteiger partial charge in [0.05, 0.1) is 6.54 Å². The Bertz CT molecular complexity index is 1550. The summed E-state index contributed by atoms with van der Waals surface area (Å²) in [7, 11) is 0. The quantitative estimate of drug-likeness (QED) is 0.112. The SMILES string of the molecule is CC(=O)OC[C@H]1O[C@@H](OC(=O)Nc2ccc(NC(=O)CNC(=O)CCCc3ccc(N(CCCl)CCCl)cc3)cc2)[C@H](F)[C@@H](OC(C)=O)[C@@H]1OC(C)=O. The number of alkyl halides is 3. The molecule has 0 saturated carbocycles. The summed E-state index contributed by atoms with van der Waals surface area (Å²) in [6.45, 7) is 3.74. The van der Waals surface area contributed by atoms with Crippen molar-refractivity contribution in [3.8, 4) is 0 Å². The van der Waals surface area contributed by atoms with Gasteiger partial charge in [-0.05, 0) is 54.8 Å². The maximum Gasteiger partial charge on any atom is 0.414 e. The van der Waals surface area contributed by atoms with Crippen LogP contribution in [0.25, 0.3) is 0 Å². The third kappa shape index (κ3) is 14.7. The van der Waals surface area contributed by atoms with Gasteiger partial charge in [-0.2, -0.15) is 0 Å². The standard InChI is InChI=1S/C35H43Cl2FN4O11/c1-21(43)49-20-28-32(50-22(2)44)33(51-23(3)45)31(38)34(52-28)53-35(48)41-26-11-9-25(10-12-26)40-30(47)19-39-29(46)6-4-5-24-7-13-27(14-8-24)42(17-15-36)18-16-37/h7-14,28,31-34H,4-6,15-20H2,1-3H3,(H,39,46)(H,40,47)(H,41,48)/t28-,31-,32-,33-,34+/m1/s1. The lowest BCUT2D eigenvalue weighted by atomic mass is 9.99. The van der Waals surface area contributed by atoms with E-state index in [1.54, 1.807) is 0 Å². The smallest absolute Gasteiger partial charge is 0.414 e. The Kier molecular flexibility index (Phi) is 17.5. The lowest BCUT2D eigenvalue weighted by molar-refractivity contribution is -0.277. The van der Waals surface area contributed by atoms with Crippen molar-refractivity contribution in [1.29, 1.82) is 0 Å². The first-order valence-corrected chi connectivity index (χ1v) is 17.7. The highest BCUT2D eigenvalue weighted by atomic mass is 35.5. The molecule has 18 heteroatoms. The fourth-order valence-electron chi connectivity index (χ4n) is 5.22. The van der Waals surface area contributed by atoms with E-state index in [2.05, 4.69) is 20.9 Å². The minimum absolute atomic E-state index is 0.191. The van der Waals surface area contributed by atoms with Gasteiger partial charge < -0.3 is 39.2 Å². The van der Waals surface area contributed by atoms with Crippen LogP contribution in [0.3, 0.4) is 0 Å². The molecule has 3 amide bonds. The van der Waals surface area contributed by atoms with Gasteiger partial charge in [0.25, 0.3) is 0 Å². The normalized spacial score (nSPS) is 19.2. The van der Waals surface area contributed by atoms with Crippen LogP contribution in [-0.4, -0.2) is 105 Å². The van der Waals surface area contributed by atoms with Gasteiger partial charge in [-0.25, -0.2) is 9.18 Å². The first-order valence-electron chi connectivity index (χ1n) is 16.7. The van der Waals surface area contributed by atoms with Gasteiger partial charge in [0, 0.05) is 69.1 Å². The molecule has 0 spiro atoms. The number of hydrogen-bond acceptors (Lipinski definition) is 12. The second-order valence-electron chi connectivity index (χ2n) is 11.8. The number of carbonyl (C=O) groups excluding carboxylic acids is 6. The van der Waals surface area contributed by atoms with Crippen LogP contribution >= 0.6 is 23.2 Å². The van der Waals surface area contributed by atoms with Gasteiger partial charge >= 0.3 is 24.0 Å². The molecule has 1 heterocycles. The summed E-state index contributed by atoms with van der Waals surface area (Å²) in [5.41, 5.74) is 2.64. The number of aryl methyl sites for hydroxylation is 1. The first kappa shape index (κ1) is 42.7. The van der Waals surface area contributed by atoms with Crippen molar-refractivity contribution in [2.75, 3.05) is 53.5 Å². The zero-order chi connectivity index (χ0) is 38.9. The lowest BCUT2D eigenvalue weighted by Gasteiger charge is -2.41. The number of ether oxygens (including phenoxy) is 5. The summed E-state index contributed by atoms with van der Waals surface area (Å²) in [5, 5.41) is 7.59. The molecule has 2 aromatic carbocycles. The number of anilines is 3. The van der Waals surface area contributed by atoms with Crippen molar-refractivity contribution < 1.29 is 56.8 Å². The van der Waals surface area contributed by atoms with Crippen LogP contribution in [0.15, 0.2) is 48.5 Å².